The number of allylic oxidation sites excluding steroid dienone is 1. The average Bonchev–Trinajstić information content (AvgIpc) is 1.66. The number of benzene rings is 4. The normalized spacial score (nSPS) is 12.5. The first-order valence-corrected chi connectivity index (χ1v) is 38.5. The lowest BCUT2D eigenvalue weighted by Crippen LogP contribution is -2.32. The summed E-state index contributed by atoms with van der Waals surface area (Å²) in [5, 5.41) is 33.2. The maximum Gasteiger partial charge on any atom is 0.228 e. The molecule has 110 heavy (non-hydrogen) atoms. The van der Waals surface area contributed by atoms with Gasteiger partial charge in [-0.2, -0.15) is 15.3 Å². The Hall–Kier alpha value is -13.1. The number of amides is 2. The van der Waals surface area contributed by atoms with Crippen molar-refractivity contribution in [1.29, 1.82) is 0 Å². The number of anilines is 4. The predicted molar refractivity (Wildman–Crippen MR) is 435 cm³/mol. The summed E-state index contributed by atoms with van der Waals surface area (Å²) in [7, 11) is 0. The van der Waals surface area contributed by atoms with E-state index in [1.54, 1.807) is 53.7 Å². The van der Waals surface area contributed by atoms with Crippen LogP contribution in [0.5, 0.6) is 0 Å². The maximum absolute atomic E-state index is 12.5. The fraction of sp³-hybridized carbons (Fsp3) is 0.138. The lowest BCUT2D eigenvalue weighted by molar-refractivity contribution is -0.117. The zero-order valence-electron chi connectivity index (χ0n) is 59.2. The highest BCUT2D eigenvalue weighted by molar-refractivity contribution is 7.20. The Morgan fingerprint density at radius 3 is 1.19 bits per heavy atom. The van der Waals surface area contributed by atoms with Gasteiger partial charge in [-0.05, 0) is 94.2 Å². The van der Waals surface area contributed by atoms with Gasteiger partial charge in [-0.15, -0.1) is 45.3 Å². The van der Waals surface area contributed by atoms with Crippen LogP contribution in [-0.4, -0.2) is 132 Å². The van der Waals surface area contributed by atoms with E-state index in [0.29, 0.717) is 41.3 Å². The van der Waals surface area contributed by atoms with Crippen LogP contribution in [0.15, 0.2) is 238 Å². The molecule has 12 aromatic heterocycles. The molecule has 546 valence electrons. The second-order valence-electron chi connectivity index (χ2n) is 25.3. The minimum atomic E-state index is -0.0170. The number of thiazole rings is 4. The van der Waals surface area contributed by atoms with Crippen LogP contribution in [0, 0.1) is 5.92 Å². The van der Waals surface area contributed by atoms with Gasteiger partial charge in [0.1, 0.15) is 68.1 Å². The summed E-state index contributed by atoms with van der Waals surface area (Å²) in [6.07, 6.45) is 21.0. The van der Waals surface area contributed by atoms with Crippen molar-refractivity contribution in [2.45, 2.75) is 45.4 Å². The molecule has 16 aromatic rings. The Morgan fingerprint density at radius 2 is 0.827 bits per heavy atom. The highest BCUT2D eigenvalue weighted by Gasteiger charge is 2.30. The Bertz CT molecular complexity index is 5690. The van der Waals surface area contributed by atoms with Gasteiger partial charge in [-0.3, -0.25) is 24.9 Å². The van der Waals surface area contributed by atoms with E-state index in [-0.39, 0.29) is 17.7 Å². The third-order valence-corrected chi connectivity index (χ3v) is 21.7. The number of H-pyrrole nitrogens is 4. The average molecular weight is 1530 g/mol. The van der Waals surface area contributed by atoms with Gasteiger partial charge in [0.15, 0.2) is 17.5 Å². The van der Waals surface area contributed by atoms with Crippen LogP contribution < -0.4 is 21.7 Å². The smallest absolute Gasteiger partial charge is 0.228 e. The van der Waals surface area contributed by atoms with E-state index in [0.717, 1.165) is 157 Å². The van der Waals surface area contributed by atoms with Crippen molar-refractivity contribution in [2.24, 2.45) is 5.92 Å². The number of carbonyl (C=O) groups excluding carboxylic acids is 2. The van der Waals surface area contributed by atoms with Crippen LogP contribution in [0.2, 0.25) is 0 Å². The number of nitrogens with zero attached hydrogens (tertiary/aromatic N) is 16. The lowest BCUT2D eigenvalue weighted by Gasteiger charge is -2.25. The van der Waals surface area contributed by atoms with Crippen LogP contribution in [-0.2, 0) is 9.59 Å². The van der Waals surface area contributed by atoms with E-state index in [2.05, 4.69) is 103 Å². The van der Waals surface area contributed by atoms with E-state index in [9.17, 15) is 9.59 Å². The van der Waals surface area contributed by atoms with Crippen molar-refractivity contribution < 1.29 is 9.59 Å². The first-order valence-electron chi connectivity index (χ1n) is 35.2. The Labute approximate surface area is 647 Å². The Balaban J connectivity index is 0.000000117. The number of nitrogen functional groups attached to an aromatic ring is 1. The summed E-state index contributed by atoms with van der Waals surface area (Å²) >= 11 is 6.21. The number of nitrogens with one attached hydrogen (secondary N) is 7. The van der Waals surface area contributed by atoms with Crippen molar-refractivity contribution in [3.63, 3.8) is 0 Å². The van der Waals surface area contributed by atoms with E-state index < -0.39 is 0 Å². The molecule has 9 N–H and O–H groups in total. The maximum atomic E-state index is 12.5. The van der Waals surface area contributed by atoms with Gasteiger partial charge in [0.05, 0.1) is 42.3 Å². The first kappa shape index (κ1) is 72.4. The largest absolute Gasteiger partial charge is 0.384 e. The molecule has 13 heterocycles. The van der Waals surface area contributed by atoms with Crippen molar-refractivity contribution in [3.05, 3.63) is 238 Å². The molecule has 2 amide bonds. The van der Waals surface area contributed by atoms with Gasteiger partial charge in [-0.1, -0.05) is 134 Å². The number of likely N-dealkylation sites (tertiary alicyclic amines) is 1. The second-order valence-corrected chi connectivity index (χ2v) is 29.3. The van der Waals surface area contributed by atoms with Crippen molar-refractivity contribution in [1.82, 2.24) is 100 Å². The molecule has 18 rings (SSSR count). The summed E-state index contributed by atoms with van der Waals surface area (Å²) in [5.41, 5.74) is 18.0. The molecule has 0 bridgehead atoms. The molecule has 2 aliphatic rings. The number of aromatic amines is 4. The molecule has 2 fully saturated rings. The number of hydrogen-bond donors (Lipinski definition) is 8. The van der Waals surface area contributed by atoms with Gasteiger partial charge >= 0.3 is 0 Å². The van der Waals surface area contributed by atoms with Gasteiger partial charge in [0, 0.05) is 106 Å². The van der Waals surface area contributed by atoms with Gasteiger partial charge in [-0.25, -0.2) is 59.8 Å². The summed E-state index contributed by atoms with van der Waals surface area (Å²) < 4.78 is 0. The molecule has 0 unspecified atom stereocenters. The van der Waals surface area contributed by atoms with E-state index in [4.69, 9.17) is 25.7 Å². The summed E-state index contributed by atoms with van der Waals surface area (Å²) in [4.78, 5) is 87.6. The van der Waals surface area contributed by atoms with Gasteiger partial charge in [0.2, 0.25) is 11.8 Å². The van der Waals surface area contributed by atoms with E-state index in [1.807, 2.05) is 183 Å². The molecule has 0 radical (unpaired) electrons. The van der Waals surface area contributed by atoms with Crippen molar-refractivity contribution in [2.75, 3.05) is 41.3 Å². The third kappa shape index (κ3) is 18.1. The van der Waals surface area contributed by atoms with Crippen LogP contribution >= 0.6 is 45.3 Å². The predicted octanol–water partition coefficient (Wildman–Crippen LogP) is 16.9. The minimum absolute atomic E-state index is 0.0170. The number of nitrogens with two attached hydrogens (primary N) is 1. The first-order chi connectivity index (χ1) is 54.0. The fourth-order valence-corrected chi connectivity index (χ4v) is 16.0. The number of hydrogen-bond acceptors (Lipinski definition) is 24. The Morgan fingerprint density at radius 1 is 0.445 bits per heavy atom. The minimum Gasteiger partial charge on any atom is -0.384 e. The highest BCUT2D eigenvalue weighted by Crippen LogP contribution is 2.44. The molecular formula is C80H70N24O2S4. The number of carbonyl (C=O) groups is 2. The number of aromatic nitrogens is 19. The van der Waals surface area contributed by atoms with E-state index in [1.165, 1.54) is 60.9 Å². The van der Waals surface area contributed by atoms with Crippen LogP contribution in [0.25, 0.3) is 130 Å². The van der Waals surface area contributed by atoms with Gasteiger partial charge < -0.3 is 31.6 Å². The number of imidazole rings is 1. The topological polar surface area (TPSA) is 356 Å². The fourth-order valence-electron chi connectivity index (χ4n) is 11.8. The summed E-state index contributed by atoms with van der Waals surface area (Å²) in [6, 6.07) is 55.3. The summed E-state index contributed by atoms with van der Waals surface area (Å²) in [6.45, 7) is 8.72. The van der Waals surface area contributed by atoms with Crippen LogP contribution in [0.3, 0.4) is 0 Å². The van der Waals surface area contributed by atoms with Crippen LogP contribution in [0.4, 0.5) is 23.3 Å². The van der Waals surface area contributed by atoms with Gasteiger partial charge in [0.25, 0.3) is 0 Å². The molecular weight excluding hydrogens is 1460 g/mol. The molecule has 1 saturated carbocycles. The number of pyridine rings is 4. The molecule has 4 aromatic carbocycles. The molecule has 26 nitrogen and oxygen atoms in total. The summed E-state index contributed by atoms with van der Waals surface area (Å²) in [5.74, 6) is 5.35. The third-order valence-electron chi connectivity index (χ3n) is 17.3. The molecule has 1 saturated heterocycles. The van der Waals surface area contributed by atoms with Crippen molar-refractivity contribution >= 4 is 80.4 Å². The molecule has 1 aliphatic heterocycles. The molecule has 0 spiro atoms. The molecule has 1 aliphatic carbocycles. The highest BCUT2D eigenvalue weighted by atomic mass is 32.1. The second kappa shape index (κ2) is 34.6. The SMILES string of the molecule is C=C(C)Nc1cc(-c2nc(-c3ccccc3)c(-c3ncn[nH]3)s2)ccn1.Nc1cc(-c2nc(-c3ccccc3)c(-c3ncc[nH]3)s2)ccn1.O=C(CCN1CCCCC1)Nc1cc(-c2nc(-c3ccccc3)c(-c3ncn[nH]3)s2)ccn1.O=C(Nc1cc(-c2nc(-c3ccccc3)c(-c3ncn[nH]3)s2)ccn1)C1CC1. The van der Waals surface area contributed by atoms with E-state index >= 15 is 0 Å². The molecule has 0 atom stereocenters. The zero-order valence-corrected chi connectivity index (χ0v) is 62.5. The zero-order chi connectivity index (χ0) is 75.0. The standard InChI is InChI=1S/C24H25N7OS.C20H16N6OS.C19H16N6S.C17H13N5S/c32-20(10-14-31-12-5-2-6-13-31)28-19-15-18(9-11-25-19)24-29-21(17-7-3-1-4-8-17)22(33-24)23-26-16-27-30-23;27-19(13-6-7-13)24-15-10-14(8-9-21-15)20-25-16(12-4-2-1-3-5-12)17(28-20)18-22-11-23-26-18;1-12(2)23-15-10-14(8-9-20-15)19-24-16(13-6-4-3-5-7-13)17(26-19)18-21-11-22-25-18;18-13-10-12(6-7-19-13)17-22-14(11-4-2-1-3-5-11)15(23-17)16-20-8-9-21-16/h1,3-4,7-9,11,15-16H,2,5-6,10,12-14H2,(H,25,28,32)(H,26,27,30);1-5,8-11,13H,6-7H2,(H,21,24,27)(H,22,23,26);3-11H,1H2,2H3,(H,20,23)(H,21,22,25);1-10H,(H2,18,19)(H,20,21). The van der Waals surface area contributed by atoms with Crippen LogP contribution in [0.1, 0.15) is 45.4 Å². The number of rotatable bonds is 20. The quantitative estimate of drug-likeness (QED) is 0.0351. The number of piperidine rings is 1. The monoisotopic (exact) mass is 1530 g/mol. The lowest BCUT2D eigenvalue weighted by atomic mass is 10.1. The van der Waals surface area contributed by atoms with Crippen molar-refractivity contribution in [3.8, 4) is 130 Å². The molecule has 30 heteroatoms. The Kier molecular flexibility index (Phi) is 22.8.